The van der Waals surface area contributed by atoms with Gasteiger partial charge in [-0.25, -0.2) is 0 Å². The number of hydrogen-bond donors (Lipinski definition) is 0. The third kappa shape index (κ3) is 2.95. The van der Waals surface area contributed by atoms with Crippen LogP contribution in [0.15, 0.2) is 42.6 Å². The number of hydrogen-bond acceptors (Lipinski definition) is 2. The van der Waals surface area contributed by atoms with Crippen LogP contribution in [0.1, 0.15) is 32.4 Å². The number of ether oxygens (including phenoxy) is 1. The number of rotatable bonds is 5. The number of benzene rings is 1. The van der Waals surface area contributed by atoms with Crippen molar-refractivity contribution in [2.45, 2.75) is 26.7 Å². The first-order chi connectivity index (χ1) is 9.30. The predicted octanol–water partition coefficient (Wildman–Crippen LogP) is 4.50. The maximum atomic E-state index is 5.39. The zero-order valence-corrected chi connectivity index (χ0v) is 11.8. The van der Waals surface area contributed by atoms with Crippen molar-refractivity contribution in [3.8, 4) is 16.9 Å². The lowest BCUT2D eigenvalue weighted by atomic mass is 9.97. The fraction of sp³-hybridized carbons (Fsp3) is 0.294. The Morgan fingerprint density at radius 3 is 2.37 bits per heavy atom. The van der Waals surface area contributed by atoms with Gasteiger partial charge in [-0.1, -0.05) is 38.1 Å². The molecule has 2 nitrogen and oxygen atoms in total. The molecular weight excluding hydrogens is 234 g/mol. The van der Waals surface area contributed by atoms with Crippen LogP contribution in [-0.2, 0) is 0 Å². The molecule has 0 saturated carbocycles. The number of para-hydroxylation sites is 1. The molecule has 1 heterocycles. The van der Waals surface area contributed by atoms with E-state index in [1.807, 2.05) is 24.4 Å². The molecule has 0 unspecified atom stereocenters. The predicted molar refractivity (Wildman–Crippen MR) is 79.2 cm³/mol. The van der Waals surface area contributed by atoms with Crippen LogP contribution in [0.4, 0.5) is 0 Å². The van der Waals surface area contributed by atoms with Crippen molar-refractivity contribution in [3.05, 3.63) is 54.2 Å². The fourth-order valence-electron chi connectivity index (χ4n) is 2.26. The van der Waals surface area contributed by atoms with Gasteiger partial charge in [0.2, 0.25) is 0 Å². The smallest absolute Gasteiger partial charge is 0.126 e. The number of nitrogens with zero attached hydrogens (tertiary/aromatic N) is 1. The Hall–Kier alpha value is -1.83. The highest BCUT2D eigenvalue weighted by Crippen LogP contribution is 2.30. The second kappa shape index (κ2) is 6.37. The summed E-state index contributed by atoms with van der Waals surface area (Å²) in [5.41, 5.74) is 3.27. The second-order valence-corrected chi connectivity index (χ2v) is 4.44. The van der Waals surface area contributed by atoms with E-state index < -0.39 is 0 Å². The second-order valence-electron chi connectivity index (χ2n) is 4.44. The van der Waals surface area contributed by atoms with Gasteiger partial charge < -0.3 is 4.74 Å². The average molecular weight is 254 g/mol. The van der Waals surface area contributed by atoms with Crippen LogP contribution in [0.2, 0.25) is 0 Å². The molecule has 0 atom stereocenters. The van der Waals surface area contributed by atoms with Gasteiger partial charge in [-0.05, 0) is 25.0 Å². The molecule has 1 aromatic heterocycles. The van der Waals surface area contributed by atoms with Crippen LogP contribution in [-0.4, -0.2) is 12.1 Å². The summed E-state index contributed by atoms with van der Waals surface area (Å²) in [4.78, 5) is 4.58. The zero-order valence-electron chi connectivity index (χ0n) is 11.8. The summed E-state index contributed by atoms with van der Waals surface area (Å²) >= 11 is 0. The summed E-state index contributed by atoms with van der Waals surface area (Å²) in [5.74, 6) is 2.28. The third-order valence-corrected chi connectivity index (χ3v) is 3.40. The molecule has 0 fully saturated rings. The fourth-order valence-corrected chi connectivity index (χ4v) is 2.26. The number of methoxy groups -OCH3 is 1. The highest BCUT2D eigenvalue weighted by molar-refractivity contribution is 5.69. The van der Waals surface area contributed by atoms with Crippen molar-refractivity contribution in [2.24, 2.45) is 0 Å². The van der Waals surface area contributed by atoms with Crippen molar-refractivity contribution in [2.75, 3.05) is 7.11 Å². The maximum Gasteiger partial charge on any atom is 0.126 e. The van der Waals surface area contributed by atoms with Gasteiger partial charge >= 0.3 is 0 Å². The molecule has 0 N–H and O–H groups in total. The van der Waals surface area contributed by atoms with E-state index >= 15 is 0 Å². The Morgan fingerprint density at radius 1 is 1.05 bits per heavy atom. The average Bonchev–Trinajstić information content (AvgIpc) is 2.49. The van der Waals surface area contributed by atoms with Gasteiger partial charge in [0.25, 0.3) is 0 Å². The Balaban J connectivity index is 2.32. The van der Waals surface area contributed by atoms with E-state index in [4.69, 9.17) is 4.74 Å². The zero-order chi connectivity index (χ0) is 13.7. The van der Waals surface area contributed by atoms with Crippen LogP contribution in [0, 0.1) is 5.92 Å². The lowest BCUT2D eigenvalue weighted by Crippen LogP contribution is -1.99. The van der Waals surface area contributed by atoms with E-state index in [1.165, 1.54) is 5.92 Å². The minimum atomic E-state index is 0.882. The van der Waals surface area contributed by atoms with Crippen LogP contribution in [0.3, 0.4) is 0 Å². The lowest BCUT2D eigenvalue weighted by Gasteiger charge is -2.12. The van der Waals surface area contributed by atoms with E-state index in [0.717, 1.165) is 35.4 Å². The van der Waals surface area contributed by atoms with E-state index in [-0.39, 0.29) is 0 Å². The molecule has 0 amide bonds. The van der Waals surface area contributed by atoms with Gasteiger partial charge in [-0.15, -0.1) is 0 Å². The van der Waals surface area contributed by atoms with E-state index in [9.17, 15) is 0 Å². The molecule has 0 saturated heterocycles. The quantitative estimate of drug-likeness (QED) is 0.783. The summed E-state index contributed by atoms with van der Waals surface area (Å²) in [6.45, 7) is 4.35. The van der Waals surface area contributed by atoms with Crippen molar-refractivity contribution in [3.63, 3.8) is 0 Å². The summed E-state index contributed by atoms with van der Waals surface area (Å²) in [5, 5.41) is 0. The van der Waals surface area contributed by atoms with Gasteiger partial charge in [-0.3, -0.25) is 4.98 Å². The Labute approximate surface area is 115 Å². The van der Waals surface area contributed by atoms with E-state index in [0.29, 0.717) is 0 Å². The van der Waals surface area contributed by atoms with Gasteiger partial charge in [0, 0.05) is 28.9 Å². The van der Waals surface area contributed by atoms with Crippen molar-refractivity contribution < 1.29 is 4.74 Å². The first-order valence-corrected chi connectivity index (χ1v) is 6.74. The molecule has 1 aromatic carbocycles. The van der Waals surface area contributed by atoms with Crippen molar-refractivity contribution in [1.82, 2.24) is 4.98 Å². The van der Waals surface area contributed by atoms with Crippen LogP contribution in [0.5, 0.6) is 5.75 Å². The molecule has 2 aromatic rings. The normalized spacial score (nSPS) is 10.7. The van der Waals surface area contributed by atoms with Crippen molar-refractivity contribution in [1.29, 1.82) is 0 Å². The topological polar surface area (TPSA) is 22.1 Å². The molecule has 2 rings (SSSR count). The standard InChI is InChI=1S/C17H20NO/c1-4-13(5-2)16-11-10-14(12-18-16)15-8-6-7-9-17(15)19-3/h6-12H,4-5H2,1-3H3. The minimum Gasteiger partial charge on any atom is -0.496 e. The van der Waals surface area contributed by atoms with Gasteiger partial charge in [-0.2, -0.15) is 0 Å². The monoisotopic (exact) mass is 254 g/mol. The Bertz CT molecular complexity index is 515. The summed E-state index contributed by atoms with van der Waals surface area (Å²) in [7, 11) is 1.70. The SMILES string of the molecule is CC[C](CC)c1ccc(-c2ccccc2OC)cn1. The largest absolute Gasteiger partial charge is 0.496 e. The lowest BCUT2D eigenvalue weighted by molar-refractivity contribution is 0.416. The van der Waals surface area contributed by atoms with E-state index in [2.05, 4.69) is 37.0 Å². The molecule has 0 aliphatic heterocycles. The van der Waals surface area contributed by atoms with E-state index in [1.54, 1.807) is 7.11 Å². The molecule has 0 bridgehead atoms. The highest BCUT2D eigenvalue weighted by Gasteiger charge is 2.10. The third-order valence-electron chi connectivity index (χ3n) is 3.40. The van der Waals surface area contributed by atoms with Crippen LogP contribution < -0.4 is 4.74 Å². The molecule has 2 heteroatoms. The molecule has 19 heavy (non-hydrogen) atoms. The van der Waals surface area contributed by atoms with Gasteiger partial charge in [0.15, 0.2) is 0 Å². The van der Waals surface area contributed by atoms with Crippen molar-refractivity contribution >= 4 is 0 Å². The maximum absolute atomic E-state index is 5.39. The molecule has 1 radical (unpaired) electrons. The Morgan fingerprint density at radius 2 is 1.79 bits per heavy atom. The number of aromatic nitrogens is 1. The number of pyridine rings is 1. The molecule has 0 spiro atoms. The summed E-state index contributed by atoms with van der Waals surface area (Å²) in [6.07, 6.45) is 4.04. The molecular formula is C17H20NO. The summed E-state index contributed by atoms with van der Waals surface area (Å²) in [6, 6.07) is 12.2. The molecule has 0 aliphatic carbocycles. The molecule has 99 valence electrons. The Kier molecular flexibility index (Phi) is 4.56. The minimum absolute atomic E-state index is 0.882. The first-order valence-electron chi connectivity index (χ1n) is 6.74. The molecule has 0 aliphatic rings. The van der Waals surface area contributed by atoms with Gasteiger partial charge in [0.05, 0.1) is 7.11 Å². The summed E-state index contributed by atoms with van der Waals surface area (Å²) < 4.78 is 5.39. The highest BCUT2D eigenvalue weighted by atomic mass is 16.5. The van der Waals surface area contributed by atoms with Crippen LogP contribution in [0.25, 0.3) is 11.1 Å². The van der Waals surface area contributed by atoms with Crippen LogP contribution >= 0.6 is 0 Å². The first kappa shape index (κ1) is 13.6. The van der Waals surface area contributed by atoms with Gasteiger partial charge in [0.1, 0.15) is 5.75 Å².